The van der Waals surface area contributed by atoms with Crippen LogP contribution in [0.2, 0.25) is 0 Å². The van der Waals surface area contributed by atoms with Crippen LogP contribution < -0.4 is 9.47 Å². The molecule has 2 aromatic carbocycles. The summed E-state index contributed by atoms with van der Waals surface area (Å²) in [5.74, 6) is 1.04. The summed E-state index contributed by atoms with van der Waals surface area (Å²) in [7, 11) is 1.62. The minimum absolute atomic E-state index is 0.312. The third-order valence-electron chi connectivity index (χ3n) is 5.08. The highest BCUT2D eigenvalue weighted by Crippen LogP contribution is 2.30. The second kappa shape index (κ2) is 14.5. The Hall–Kier alpha value is -3.52. The largest absolute Gasteiger partial charge is 0.493 e. The van der Waals surface area contributed by atoms with Gasteiger partial charge in [0.2, 0.25) is 0 Å². The number of unbranched alkanes of at least 4 members (excludes halogenated alkanes) is 5. The third kappa shape index (κ3) is 9.24. The van der Waals surface area contributed by atoms with Crippen LogP contribution in [0.15, 0.2) is 60.7 Å². The van der Waals surface area contributed by atoms with Crippen molar-refractivity contribution in [2.45, 2.75) is 45.4 Å². The highest BCUT2D eigenvalue weighted by molar-refractivity contribution is 5.89. The lowest BCUT2D eigenvalue weighted by atomic mass is 10.0. The van der Waals surface area contributed by atoms with E-state index in [1.165, 1.54) is 0 Å². The lowest BCUT2D eigenvalue weighted by molar-refractivity contribution is -0.139. The molecule has 0 saturated carbocycles. The van der Waals surface area contributed by atoms with Crippen LogP contribution in [0.3, 0.4) is 0 Å². The summed E-state index contributed by atoms with van der Waals surface area (Å²) in [5, 5.41) is 9.51. The van der Waals surface area contributed by atoms with Crippen molar-refractivity contribution in [3.8, 4) is 17.6 Å². The van der Waals surface area contributed by atoms with Gasteiger partial charge < -0.3 is 14.2 Å². The van der Waals surface area contributed by atoms with Crippen LogP contribution in [0.1, 0.15) is 56.6 Å². The molecule has 5 nitrogen and oxygen atoms in total. The molecule has 2 aromatic rings. The second-order valence-electron chi connectivity index (χ2n) is 7.83. The van der Waals surface area contributed by atoms with Gasteiger partial charge in [0.25, 0.3) is 0 Å². The summed E-state index contributed by atoms with van der Waals surface area (Å²) in [6.45, 7) is 6.30. The van der Waals surface area contributed by atoms with E-state index in [1.54, 1.807) is 14.0 Å². The number of ether oxygens (including phenoxy) is 3. The molecule has 5 heteroatoms. The zero-order valence-corrected chi connectivity index (χ0v) is 19.6. The Morgan fingerprint density at radius 1 is 0.970 bits per heavy atom. The van der Waals surface area contributed by atoms with E-state index in [0.717, 1.165) is 49.7 Å². The number of nitrogens with zero attached hydrogens (tertiary/aromatic N) is 1. The molecule has 0 amide bonds. The van der Waals surface area contributed by atoms with Crippen molar-refractivity contribution in [2.24, 2.45) is 0 Å². The molecule has 0 aliphatic heterocycles. The van der Waals surface area contributed by atoms with E-state index >= 15 is 0 Å². The zero-order valence-electron chi connectivity index (χ0n) is 19.6. The van der Waals surface area contributed by atoms with E-state index in [4.69, 9.17) is 14.2 Å². The van der Waals surface area contributed by atoms with Crippen molar-refractivity contribution >= 4 is 17.6 Å². The number of esters is 1. The Bertz CT molecular complexity index is 973. The molecule has 0 atom stereocenters. The normalized spacial score (nSPS) is 10.9. The average Bonchev–Trinajstić information content (AvgIpc) is 2.84. The van der Waals surface area contributed by atoms with Crippen LogP contribution in [0.4, 0.5) is 0 Å². The first-order chi connectivity index (χ1) is 16.0. The maximum Gasteiger partial charge on any atom is 0.333 e. The van der Waals surface area contributed by atoms with Gasteiger partial charge in [-0.25, -0.2) is 4.79 Å². The first-order valence-electron chi connectivity index (χ1n) is 11.4. The molecule has 0 spiro atoms. The van der Waals surface area contributed by atoms with Gasteiger partial charge in [0, 0.05) is 5.57 Å². The molecule has 0 radical (unpaired) electrons. The van der Waals surface area contributed by atoms with Crippen molar-refractivity contribution in [1.29, 1.82) is 5.26 Å². The summed E-state index contributed by atoms with van der Waals surface area (Å²) in [5.41, 5.74) is 2.80. The summed E-state index contributed by atoms with van der Waals surface area (Å²) < 4.78 is 16.5. The monoisotopic (exact) mass is 447 g/mol. The fourth-order valence-electron chi connectivity index (χ4n) is 3.24. The highest BCUT2D eigenvalue weighted by Gasteiger charge is 2.07. The number of carbonyl (C=O) groups excluding carboxylic acids is 1. The molecular formula is C28H33NO4. The Morgan fingerprint density at radius 2 is 1.64 bits per heavy atom. The van der Waals surface area contributed by atoms with Gasteiger partial charge in [0.1, 0.15) is 0 Å². The van der Waals surface area contributed by atoms with Crippen LogP contribution in [-0.2, 0) is 9.53 Å². The number of rotatable bonds is 14. The first kappa shape index (κ1) is 25.7. The number of allylic oxidation sites excluding steroid dienone is 1. The van der Waals surface area contributed by atoms with Gasteiger partial charge in [-0.15, -0.1) is 0 Å². The number of methoxy groups -OCH3 is 1. The molecule has 0 N–H and O–H groups in total. The molecule has 0 aliphatic rings. The smallest absolute Gasteiger partial charge is 0.333 e. The quantitative estimate of drug-likeness (QED) is 0.107. The van der Waals surface area contributed by atoms with Gasteiger partial charge in [-0.3, -0.25) is 0 Å². The maximum atomic E-state index is 11.3. The number of benzene rings is 2. The van der Waals surface area contributed by atoms with Crippen molar-refractivity contribution in [2.75, 3.05) is 20.3 Å². The molecule has 0 aliphatic carbocycles. The highest BCUT2D eigenvalue weighted by atomic mass is 16.5. The van der Waals surface area contributed by atoms with Crippen LogP contribution in [-0.4, -0.2) is 26.3 Å². The van der Waals surface area contributed by atoms with Gasteiger partial charge in [-0.05, 0) is 49.1 Å². The Morgan fingerprint density at radius 3 is 2.27 bits per heavy atom. The lowest BCUT2D eigenvalue weighted by Gasteiger charge is -2.11. The predicted molar refractivity (Wildman–Crippen MR) is 132 cm³/mol. The summed E-state index contributed by atoms with van der Waals surface area (Å²) >= 11 is 0. The van der Waals surface area contributed by atoms with E-state index in [9.17, 15) is 10.1 Å². The molecule has 0 unspecified atom stereocenters. The SMILES string of the molecule is C=C(C)C(=O)OCCCCCCCCOc1ccc(C=C(C#N)c2ccccc2)cc1OC. The molecule has 0 fully saturated rings. The Balaban J connectivity index is 1.73. The van der Waals surface area contributed by atoms with Gasteiger partial charge >= 0.3 is 5.97 Å². The van der Waals surface area contributed by atoms with E-state index < -0.39 is 0 Å². The van der Waals surface area contributed by atoms with Gasteiger partial charge in [-0.1, -0.05) is 68.7 Å². The molecule has 0 bridgehead atoms. The van der Waals surface area contributed by atoms with Crippen molar-refractivity contribution in [1.82, 2.24) is 0 Å². The van der Waals surface area contributed by atoms with Crippen LogP contribution in [0.5, 0.6) is 11.5 Å². The first-order valence-corrected chi connectivity index (χ1v) is 11.4. The fraction of sp³-hybridized carbons (Fsp3) is 0.357. The number of carbonyl (C=O) groups is 1. The summed E-state index contributed by atoms with van der Waals surface area (Å²) in [6, 6.07) is 17.6. The molecule has 174 valence electrons. The number of hydrogen-bond donors (Lipinski definition) is 0. The van der Waals surface area contributed by atoms with Gasteiger partial charge in [0.05, 0.1) is 32.0 Å². The summed E-state index contributed by atoms with van der Waals surface area (Å²) in [6.07, 6.45) is 8.04. The van der Waals surface area contributed by atoms with Gasteiger partial charge in [0.15, 0.2) is 11.5 Å². The molecule has 0 heterocycles. The van der Waals surface area contributed by atoms with Crippen LogP contribution in [0, 0.1) is 11.3 Å². The third-order valence-corrected chi connectivity index (χ3v) is 5.08. The van der Waals surface area contributed by atoms with Crippen molar-refractivity contribution in [3.05, 3.63) is 71.8 Å². The van der Waals surface area contributed by atoms with E-state index in [1.807, 2.05) is 54.6 Å². The minimum atomic E-state index is -0.312. The number of nitriles is 1. The second-order valence-corrected chi connectivity index (χ2v) is 7.83. The van der Waals surface area contributed by atoms with E-state index in [2.05, 4.69) is 12.6 Å². The van der Waals surface area contributed by atoms with E-state index in [0.29, 0.717) is 35.9 Å². The lowest BCUT2D eigenvalue weighted by Crippen LogP contribution is -2.06. The Kier molecular flexibility index (Phi) is 11.3. The maximum absolute atomic E-state index is 11.3. The average molecular weight is 448 g/mol. The minimum Gasteiger partial charge on any atom is -0.493 e. The van der Waals surface area contributed by atoms with Crippen molar-refractivity contribution < 1.29 is 19.0 Å². The topological polar surface area (TPSA) is 68.5 Å². The molecule has 0 aromatic heterocycles. The standard InChI is InChI=1S/C28H33NO4/c1-22(2)28(30)33-18-12-7-5-4-6-11-17-32-26-16-15-23(20-27(26)31-3)19-25(21-29)24-13-9-8-10-14-24/h8-10,13-16,19-20H,1,4-7,11-12,17-18H2,2-3H3. The zero-order chi connectivity index (χ0) is 23.9. The van der Waals surface area contributed by atoms with Gasteiger partial charge in [-0.2, -0.15) is 5.26 Å². The molecule has 2 rings (SSSR count). The number of hydrogen-bond acceptors (Lipinski definition) is 5. The Labute approximate surface area is 197 Å². The predicted octanol–water partition coefficient (Wildman–Crippen LogP) is 6.60. The van der Waals surface area contributed by atoms with Crippen LogP contribution >= 0.6 is 0 Å². The molecule has 33 heavy (non-hydrogen) atoms. The summed E-state index contributed by atoms with van der Waals surface area (Å²) in [4.78, 5) is 11.3. The fourth-order valence-corrected chi connectivity index (χ4v) is 3.24. The molecular weight excluding hydrogens is 414 g/mol. The molecule has 0 saturated heterocycles. The van der Waals surface area contributed by atoms with E-state index in [-0.39, 0.29) is 5.97 Å². The van der Waals surface area contributed by atoms with Crippen LogP contribution in [0.25, 0.3) is 11.6 Å². The van der Waals surface area contributed by atoms with Crippen molar-refractivity contribution in [3.63, 3.8) is 0 Å².